The first-order valence-electron chi connectivity index (χ1n) is 5.30. The second-order valence-corrected chi connectivity index (χ2v) is 3.59. The van der Waals surface area contributed by atoms with E-state index < -0.39 is 12.3 Å². The van der Waals surface area contributed by atoms with Crippen LogP contribution < -0.4 is 0 Å². The van der Waals surface area contributed by atoms with E-state index >= 15 is 0 Å². The van der Waals surface area contributed by atoms with Gasteiger partial charge in [-0.25, -0.2) is 9.79 Å². The number of isocyanates is 1. The molecule has 0 N–H and O–H groups in total. The average molecular weight is 259 g/mol. The van der Waals surface area contributed by atoms with Gasteiger partial charge in [0.05, 0.1) is 13.2 Å². The third kappa shape index (κ3) is 5.12. The Balaban J connectivity index is 2.53. The minimum absolute atomic E-state index is 0.129. The summed E-state index contributed by atoms with van der Waals surface area (Å²) in [7, 11) is 0. The minimum atomic E-state index is -4.47. The van der Waals surface area contributed by atoms with Crippen molar-refractivity contribution in [2.24, 2.45) is 4.99 Å². The normalized spacial score (nSPS) is 12.8. The van der Waals surface area contributed by atoms with Crippen molar-refractivity contribution in [3.63, 3.8) is 0 Å². The molecule has 0 aliphatic rings. The maximum Gasteiger partial charge on any atom is 0.414 e. The molecule has 6 heteroatoms. The molecule has 0 aliphatic heterocycles. The SMILES string of the molecule is O=C=NCCC(OCc1ccccc1)C(F)(F)F. The number of nitrogens with zero attached hydrogens (tertiary/aromatic N) is 1. The topological polar surface area (TPSA) is 38.7 Å². The molecule has 0 saturated heterocycles. The summed E-state index contributed by atoms with van der Waals surface area (Å²) in [6, 6.07) is 8.56. The highest BCUT2D eigenvalue weighted by Crippen LogP contribution is 2.26. The van der Waals surface area contributed by atoms with Gasteiger partial charge in [0.1, 0.15) is 0 Å². The van der Waals surface area contributed by atoms with Crippen molar-refractivity contribution in [1.82, 2.24) is 0 Å². The van der Waals surface area contributed by atoms with E-state index in [9.17, 15) is 18.0 Å². The molecule has 0 bridgehead atoms. The van der Waals surface area contributed by atoms with Crippen molar-refractivity contribution in [3.05, 3.63) is 35.9 Å². The standard InChI is InChI=1S/C12H12F3NO2/c13-12(14,15)11(6-7-16-9-17)18-8-10-4-2-1-3-5-10/h1-5,11H,6-8H2. The van der Waals surface area contributed by atoms with E-state index in [0.717, 1.165) is 0 Å². The summed E-state index contributed by atoms with van der Waals surface area (Å²) in [5, 5.41) is 0. The van der Waals surface area contributed by atoms with Gasteiger partial charge in [0.15, 0.2) is 6.10 Å². The Labute approximate surface area is 102 Å². The Bertz CT molecular complexity index is 400. The lowest BCUT2D eigenvalue weighted by molar-refractivity contribution is -0.224. The van der Waals surface area contributed by atoms with Gasteiger partial charge in [-0.3, -0.25) is 0 Å². The molecule has 98 valence electrons. The minimum Gasteiger partial charge on any atom is -0.364 e. The van der Waals surface area contributed by atoms with Crippen molar-refractivity contribution >= 4 is 6.08 Å². The van der Waals surface area contributed by atoms with Crippen LogP contribution in [0.5, 0.6) is 0 Å². The van der Waals surface area contributed by atoms with Crippen molar-refractivity contribution in [2.45, 2.75) is 25.3 Å². The van der Waals surface area contributed by atoms with Gasteiger partial charge in [-0.2, -0.15) is 13.2 Å². The summed E-state index contributed by atoms with van der Waals surface area (Å²) < 4.78 is 42.6. The Morgan fingerprint density at radius 1 is 1.28 bits per heavy atom. The number of ether oxygens (including phenoxy) is 1. The van der Waals surface area contributed by atoms with Crippen molar-refractivity contribution < 1.29 is 22.7 Å². The molecule has 0 fully saturated rings. The van der Waals surface area contributed by atoms with E-state index in [1.54, 1.807) is 30.3 Å². The average Bonchev–Trinajstić information content (AvgIpc) is 2.33. The van der Waals surface area contributed by atoms with Crippen molar-refractivity contribution in [3.8, 4) is 0 Å². The number of hydrogen-bond donors (Lipinski definition) is 0. The lowest BCUT2D eigenvalue weighted by atomic mass is 10.2. The third-order valence-corrected chi connectivity index (χ3v) is 2.23. The largest absolute Gasteiger partial charge is 0.414 e. The molecule has 0 spiro atoms. The van der Waals surface area contributed by atoms with E-state index in [-0.39, 0.29) is 19.6 Å². The van der Waals surface area contributed by atoms with Crippen LogP contribution in [0.25, 0.3) is 0 Å². The van der Waals surface area contributed by atoms with Gasteiger partial charge in [-0.05, 0) is 5.56 Å². The highest BCUT2D eigenvalue weighted by atomic mass is 19.4. The molecule has 0 aliphatic carbocycles. The van der Waals surface area contributed by atoms with Crippen LogP contribution in [0.4, 0.5) is 13.2 Å². The molecule has 0 heterocycles. The van der Waals surface area contributed by atoms with Gasteiger partial charge in [-0.1, -0.05) is 30.3 Å². The second-order valence-electron chi connectivity index (χ2n) is 3.59. The molecule has 18 heavy (non-hydrogen) atoms. The zero-order valence-corrected chi connectivity index (χ0v) is 9.48. The lowest BCUT2D eigenvalue weighted by Crippen LogP contribution is -2.32. The Morgan fingerprint density at radius 3 is 2.50 bits per heavy atom. The number of carbonyl (C=O) groups excluding carboxylic acids is 1. The number of aliphatic imine (C=N–C) groups is 1. The van der Waals surface area contributed by atoms with Crippen LogP contribution in [-0.4, -0.2) is 24.9 Å². The monoisotopic (exact) mass is 259 g/mol. The van der Waals surface area contributed by atoms with E-state index in [1.165, 1.54) is 6.08 Å². The summed E-state index contributed by atoms with van der Waals surface area (Å²) in [5.74, 6) is 0. The van der Waals surface area contributed by atoms with Crippen LogP contribution >= 0.6 is 0 Å². The van der Waals surface area contributed by atoms with Crippen LogP contribution in [0.2, 0.25) is 0 Å². The summed E-state index contributed by atoms with van der Waals surface area (Å²) in [6.07, 6.45) is -5.57. The maximum absolute atomic E-state index is 12.6. The van der Waals surface area contributed by atoms with Gasteiger partial charge in [0.25, 0.3) is 0 Å². The van der Waals surface area contributed by atoms with Gasteiger partial charge < -0.3 is 4.74 Å². The Kier molecular flexibility index (Phi) is 5.55. The van der Waals surface area contributed by atoms with E-state index in [1.807, 2.05) is 0 Å². The molecule has 1 unspecified atom stereocenters. The van der Waals surface area contributed by atoms with Crippen molar-refractivity contribution in [1.29, 1.82) is 0 Å². The zero-order valence-electron chi connectivity index (χ0n) is 9.48. The molecule has 1 rings (SSSR count). The first-order valence-corrected chi connectivity index (χ1v) is 5.30. The third-order valence-electron chi connectivity index (χ3n) is 2.23. The van der Waals surface area contributed by atoms with Gasteiger partial charge >= 0.3 is 6.18 Å². The van der Waals surface area contributed by atoms with Gasteiger partial charge in [0, 0.05) is 6.42 Å². The highest BCUT2D eigenvalue weighted by molar-refractivity contribution is 5.32. The predicted octanol–water partition coefficient (Wildman–Crippen LogP) is 2.86. The van der Waals surface area contributed by atoms with Gasteiger partial charge in [-0.15, -0.1) is 0 Å². The second kappa shape index (κ2) is 6.93. The molecule has 1 aromatic rings. The number of hydrogen-bond acceptors (Lipinski definition) is 3. The summed E-state index contributed by atoms with van der Waals surface area (Å²) in [5.41, 5.74) is 0.658. The van der Waals surface area contributed by atoms with Crippen LogP contribution in [0.3, 0.4) is 0 Å². The predicted molar refractivity (Wildman–Crippen MR) is 58.7 cm³/mol. The highest BCUT2D eigenvalue weighted by Gasteiger charge is 2.40. The molecule has 0 amide bonds. The Hall–Kier alpha value is -1.65. The molecule has 3 nitrogen and oxygen atoms in total. The van der Waals surface area contributed by atoms with Crippen LogP contribution in [0.15, 0.2) is 35.3 Å². The number of halogens is 3. The van der Waals surface area contributed by atoms with Crippen LogP contribution in [-0.2, 0) is 16.1 Å². The number of benzene rings is 1. The summed E-state index contributed by atoms with van der Waals surface area (Å²) in [4.78, 5) is 12.9. The fourth-order valence-electron chi connectivity index (χ4n) is 1.34. The van der Waals surface area contributed by atoms with Gasteiger partial charge in [0.2, 0.25) is 6.08 Å². The van der Waals surface area contributed by atoms with Crippen molar-refractivity contribution in [2.75, 3.05) is 6.54 Å². The molecule has 1 atom stereocenters. The summed E-state index contributed by atoms with van der Waals surface area (Å²) >= 11 is 0. The first kappa shape index (κ1) is 14.4. The summed E-state index contributed by atoms with van der Waals surface area (Å²) in [6.45, 7) is -0.377. The molecular formula is C12H12F3NO2. The smallest absolute Gasteiger partial charge is 0.364 e. The fourth-order valence-corrected chi connectivity index (χ4v) is 1.34. The first-order chi connectivity index (χ1) is 8.54. The quantitative estimate of drug-likeness (QED) is 0.582. The lowest BCUT2D eigenvalue weighted by Gasteiger charge is -2.19. The maximum atomic E-state index is 12.6. The molecular weight excluding hydrogens is 247 g/mol. The molecule has 0 saturated carbocycles. The van der Waals surface area contributed by atoms with E-state index in [4.69, 9.17) is 4.74 Å². The molecule has 1 aromatic carbocycles. The molecule has 0 radical (unpaired) electrons. The van der Waals surface area contributed by atoms with Crippen LogP contribution in [0.1, 0.15) is 12.0 Å². The number of rotatable bonds is 6. The Morgan fingerprint density at radius 2 is 1.94 bits per heavy atom. The number of alkyl halides is 3. The molecule has 0 aromatic heterocycles. The fraction of sp³-hybridized carbons (Fsp3) is 0.417. The van der Waals surface area contributed by atoms with E-state index in [2.05, 4.69) is 4.99 Å². The van der Waals surface area contributed by atoms with E-state index in [0.29, 0.717) is 5.56 Å². The zero-order chi connectivity index (χ0) is 13.4. The van der Waals surface area contributed by atoms with Crippen LogP contribution in [0, 0.1) is 0 Å².